The number of carboxylic acids is 2. The number of aliphatic carboxylic acids is 2. The summed E-state index contributed by atoms with van der Waals surface area (Å²) in [5.41, 5.74) is 7.48. The Morgan fingerprint density at radius 1 is 0.516 bits per heavy atom. The topological polar surface area (TPSA) is 624 Å². The molecule has 0 unspecified atom stereocenters. The van der Waals surface area contributed by atoms with Crippen LogP contribution < -0.4 is 74.9 Å². The van der Waals surface area contributed by atoms with Gasteiger partial charge < -0.3 is 115 Å². The number of nitrogens with zero attached hydrogens (tertiary/aromatic N) is 1. The van der Waals surface area contributed by atoms with E-state index in [-0.39, 0.29) is 68.7 Å². The zero-order valence-corrected chi connectivity index (χ0v) is 68.3. The van der Waals surface area contributed by atoms with E-state index in [1.165, 1.54) is 60.7 Å². The second kappa shape index (κ2) is 48.5. The third kappa shape index (κ3) is 31.6. The van der Waals surface area contributed by atoms with Crippen LogP contribution in [0.4, 0.5) is 0 Å². The number of methoxy groups -OCH3 is 1. The largest absolute Gasteiger partial charge is 0.508 e. The summed E-state index contributed by atoms with van der Waals surface area (Å²) in [7, 11) is 1.03. The zero-order chi connectivity index (χ0) is 90.7. The zero-order valence-electron chi connectivity index (χ0n) is 68.3. The molecule has 2 saturated heterocycles. The second-order valence-corrected chi connectivity index (χ2v) is 29.9. The van der Waals surface area contributed by atoms with Crippen molar-refractivity contribution in [1.82, 2.24) is 74.0 Å². The molecular weight excluding hydrogens is 1620 g/mol. The van der Waals surface area contributed by atoms with Crippen LogP contribution in [-0.2, 0) is 123 Å². The normalized spacial score (nSPS) is 20.7. The van der Waals surface area contributed by atoms with Gasteiger partial charge in [-0.3, -0.25) is 81.5 Å². The number of carbonyl (C=O) groups excluding carboxylic acids is 16. The maximum Gasteiger partial charge on any atom is 0.326 e. The third-order valence-corrected chi connectivity index (χ3v) is 20.2. The molecule has 0 radical (unpaired) electrons. The summed E-state index contributed by atoms with van der Waals surface area (Å²) < 4.78 is 4.81. The van der Waals surface area contributed by atoms with E-state index in [4.69, 9.17) is 10.5 Å². The van der Waals surface area contributed by atoms with E-state index in [1.54, 1.807) is 78.9 Å². The number of amides is 15. The fourth-order valence-electron chi connectivity index (χ4n) is 13.7. The van der Waals surface area contributed by atoms with Gasteiger partial charge in [-0.05, 0) is 104 Å². The quantitative estimate of drug-likeness (QED) is 0.0190. The lowest BCUT2D eigenvalue weighted by Gasteiger charge is -2.31. The van der Waals surface area contributed by atoms with E-state index < -0.39 is 262 Å². The number of aromatic hydroxyl groups is 2. The average molecular weight is 1720 g/mol. The van der Waals surface area contributed by atoms with Crippen molar-refractivity contribution in [1.29, 1.82) is 0 Å². The highest BCUT2D eigenvalue weighted by Crippen LogP contribution is 2.23. The number of aliphatic hydroxyl groups excluding tert-OH is 2. The molecule has 124 heavy (non-hydrogen) atoms. The Morgan fingerprint density at radius 2 is 1.01 bits per heavy atom. The fraction of sp³-hybridized carbons (Fsp3) is 0.429. The molecule has 15 amide bonds. The monoisotopic (exact) mass is 1720 g/mol. The summed E-state index contributed by atoms with van der Waals surface area (Å²) in [4.78, 5) is 254. The number of hydrogen-bond donors (Lipinski definition) is 20. The highest BCUT2D eigenvalue weighted by atomic mass is 16.5. The maximum absolute atomic E-state index is 15.4. The van der Waals surface area contributed by atoms with Gasteiger partial charge in [-0.1, -0.05) is 115 Å². The lowest BCUT2D eigenvalue weighted by molar-refractivity contribution is -0.143. The Kier molecular flexibility index (Phi) is 38.0. The summed E-state index contributed by atoms with van der Waals surface area (Å²) in [5.74, 6) is -21.2. The summed E-state index contributed by atoms with van der Waals surface area (Å²) >= 11 is 0. The Morgan fingerprint density at radius 3 is 1.57 bits per heavy atom. The molecule has 2 aliphatic rings. The number of fused-ring (bicyclic) bond motifs is 1. The highest BCUT2D eigenvalue weighted by molar-refractivity contribution is 6.02. The molecule has 0 aromatic heterocycles. The van der Waals surface area contributed by atoms with Crippen LogP contribution in [0.1, 0.15) is 112 Å². The van der Waals surface area contributed by atoms with Gasteiger partial charge in [0.25, 0.3) is 0 Å². The molecule has 7 rings (SSSR count). The van der Waals surface area contributed by atoms with Gasteiger partial charge >= 0.3 is 17.9 Å². The van der Waals surface area contributed by atoms with Gasteiger partial charge in [0.1, 0.15) is 90.0 Å². The number of esters is 1. The molecule has 14 atom stereocenters. The molecule has 40 heteroatoms. The minimum absolute atomic E-state index is 0.0474. The minimum Gasteiger partial charge on any atom is -0.508 e. The molecule has 666 valence electrons. The number of benzene rings is 5. The first-order valence-corrected chi connectivity index (χ1v) is 40.0. The molecule has 2 heterocycles. The van der Waals surface area contributed by atoms with Gasteiger partial charge in [0, 0.05) is 65.0 Å². The van der Waals surface area contributed by atoms with Gasteiger partial charge in [0.15, 0.2) is 0 Å². The van der Waals surface area contributed by atoms with E-state index in [2.05, 4.69) is 69.1 Å². The SMILES string of the molecule is COC(=O)CC[C@@H]1NC(=O)[C@H](Cc2ccccc2)NC(=O)[C@H](CC(=O)O)NC(=O)[C@H](CO)NC(=O)[C@@H]2CCCN2C(=O)[C@H](Cc2ccc(O)cc2)NC(=O)[C@@H](NC(=O)[C@H](Cc2ccc(O)cc2)NC(=O)[C@@H](NC(=O)[C@H](CC(N)=O)NC(=O)[C@H](Cc2ccccc2)NC(C)=O)[C@@H](C)O)CCCCNC(=O)CC[C@@H](C(=O)N[C@@H](Cc2ccccc2)C(=O)O)NC1=O. The van der Waals surface area contributed by atoms with E-state index in [0.717, 1.165) is 25.9 Å². The third-order valence-electron chi connectivity index (χ3n) is 20.2. The predicted octanol–water partition coefficient (Wildman–Crippen LogP) is -3.72. The van der Waals surface area contributed by atoms with Crippen LogP contribution in [0.5, 0.6) is 11.5 Å². The number of phenols is 2. The van der Waals surface area contributed by atoms with Crippen LogP contribution >= 0.6 is 0 Å². The number of carbonyl (C=O) groups is 18. The molecule has 0 bridgehead atoms. The van der Waals surface area contributed by atoms with E-state index >= 15 is 14.4 Å². The summed E-state index contributed by atoms with van der Waals surface area (Å²) in [6.45, 7) is 0.558. The summed E-state index contributed by atoms with van der Waals surface area (Å²) in [6, 6.07) is 11.6. The highest BCUT2D eigenvalue weighted by Gasteiger charge is 2.43. The number of phenolic OH excluding ortho intramolecular Hbond substituents is 2. The smallest absolute Gasteiger partial charge is 0.326 e. The summed E-state index contributed by atoms with van der Waals surface area (Å²) in [5, 5.41) is 94.9. The van der Waals surface area contributed by atoms with Gasteiger partial charge in [-0.15, -0.1) is 0 Å². The van der Waals surface area contributed by atoms with Crippen LogP contribution in [0.2, 0.25) is 0 Å². The van der Waals surface area contributed by atoms with Crippen LogP contribution in [-0.4, -0.2) is 254 Å². The molecular formula is C84H105N15O25. The van der Waals surface area contributed by atoms with Crippen LogP contribution in [0.25, 0.3) is 0 Å². The molecule has 0 spiro atoms. The number of aliphatic hydroxyl groups is 2. The van der Waals surface area contributed by atoms with Crippen molar-refractivity contribution >= 4 is 107 Å². The second-order valence-electron chi connectivity index (χ2n) is 29.9. The fourth-order valence-corrected chi connectivity index (χ4v) is 13.7. The van der Waals surface area contributed by atoms with Crippen LogP contribution in [0.3, 0.4) is 0 Å². The number of rotatable bonds is 31. The lowest BCUT2D eigenvalue weighted by atomic mass is 10.0. The number of carboxylic acid groups (broad SMARTS) is 2. The van der Waals surface area contributed by atoms with E-state index in [0.29, 0.717) is 22.3 Å². The van der Waals surface area contributed by atoms with E-state index in [9.17, 15) is 103 Å². The number of primary amides is 1. The van der Waals surface area contributed by atoms with Gasteiger partial charge in [-0.2, -0.15) is 0 Å². The van der Waals surface area contributed by atoms with Crippen molar-refractivity contribution in [3.63, 3.8) is 0 Å². The van der Waals surface area contributed by atoms with Crippen molar-refractivity contribution < 1.29 is 122 Å². The first kappa shape index (κ1) is 97.2. The van der Waals surface area contributed by atoms with Crippen molar-refractivity contribution in [3.8, 4) is 11.5 Å². The number of ether oxygens (including phenoxy) is 1. The number of nitrogens with one attached hydrogen (secondary N) is 13. The van der Waals surface area contributed by atoms with Crippen molar-refractivity contribution in [3.05, 3.63) is 167 Å². The number of nitrogens with two attached hydrogens (primary N) is 1. The van der Waals surface area contributed by atoms with Crippen molar-refractivity contribution in [2.24, 2.45) is 5.73 Å². The molecule has 5 aromatic carbocycles. The molecule has 2 aliphatic heterocycles. The molecule has 21 N–H and O–H groups in total. The van der Waals surface area contributed by atoms with Crippen LogP contribution in [0, 0.1) is 0 Å². The first-order chi connectivity index (χ1) is 59.1. The minimum atomic E-state index is -2.12. The molecule has 2 fully saturated rings. The Hall–Kier alpha value is -13.9. The van der Waals surface area contributed by atoms with Crippen LogP contribution in [0.15, 0.2) is 140 Å². The van der Waals surface area contributed by atoms with Crippen molar-refractivity contribution in [2.45, 2.75) is 201 Å². The average Bonchev–Trinajstić information content (AvgIpc) is 1.62. The van der Waals surface area contributed by atoms with Gasteiger partial charge in [0.2, 0.25) is 88.6 Å². The Labute approximate surface area is 711 Å². The summed E-state index contributed by atoms with van der Waals surface area (Å²) in [6.07, 6.45) is -8.54. The molecule has 0 aliphatic carbocycles. The van der Waals surface area contributed by atoms with Gasteiger partial charge in [-0.25, -0.2) is 4.79 Å². The maximum atomic E-state index is 15.4. The molecule has 40 nitrogen and oxygen atoms in total. The standard InChI is InChI=1S/C84H105N15O25/c1-46(101)71(98-79(117)61(43-67(85)105)92-75(113)58(87-47(2)102)38-48-16-7-4-8-17-48)82(120)94-60(40-51-24-28-53(103)29-25-51)77(115)88-55-22-13-14-36-86-68(106)34-32-56(74(112)96-64(84(122)123)42-50-20-11-6-12-21-50)89-73(111)57(33-35-70(109)124-3)90-76(114)59(39-49-18-9-5-10-19-49)91-78(116)62(44-69(107)108)93-80(118)65(45-100)97-81(119)66-23-15-37-99(66)83(121)63(95-72(55)110)41-52-26-30-54(104)31-27-52/h4-12,16-21,24-31,46,55-66,71,100-101,103-104H,13-15,22-23,32-45H2,1-3H3,(H2,85,105)(H,86,106)(H,87,102)(H,88,115)(H,89,111)(H,90,114)(H,91,116)(H,92,113)(H,93,118)(H,94,120)(H,95,110)(H,96,112)(H,97,119)(H,98,117)(H,107,108)(H,122,123)/t46-,55+,56+,57+,58+,59+,60+,61+,62+,63+,64+,65+,66+,71+/m1/s1. The molecule has 0 saturated carbocycles. The Balaban J connectivity index is 1.26. The van der Waals surface area contributed by atoms with E-state index in [1.807, 2.05) is 0 Å². The predicted molar refractivity (Wildman–Crippen MR) is 437 cm³/mol. The van der Waals surface area contributed by atoms with Gasteiger partial charge in [0.05, 0.1) is 32.7 Å². The first-order valence-electron chi connectivity index (χ1n) is 40.0. The lowest BCUT2D eigenvalue weighted by Crippen LogP contribution is -2.62. The Bertz CT molecular complexity index is 4590. The number of hydrogen-bond acceptors (Lipinski definition) is 23. The molecule has 5 aromatic rings. The van der Waals surface area contributed by atoms with Crippen molar-refractivity contribution in [2.75, 3.05) is 26.8 Å².